The lowest BCUT2D eigenvalue weighted by molar-refractivity contribution is 0.0774. The molecule has 0 bridgehead atoms. The van der Waals surface area contributed by atoms with Crippen LogP contribution in [-0.2, 0) is 6.42 Å². The summed E-state index contributed by atoms with van der Waals surface area (Å²) in [6, 6.07) is 2.47. The van der Waals surface area contributed by atoms with Gasteiger partial charge in [-0.05, 0) is 54.3 Å². The Bertz CT molecular complexity index is 395. The molecule has 19 heavy (non-hydrogen) atoms. The Hall–Kier alpha value is 0.1000. The van der Waals surface area contributed by atoms with Crippen LogP contribution >= 0.6 is 27.3 Å². The molecule has 4 heteroatoms. The topological polar surface area (TPSA) is 29.3 Å². The van der Waals surface area contributed by atoms with Gasteiger partial charge < -0.3 is 5.73 Å². The van der Waals surface area contributed by atoms with Crippen LogP contribution in [0, 0.1) is 0 Å². The summed E-state index contributed by atoms with van der Waals surface area (Å²) in [5.41, 5.74) is 6.89. The van der Waals surface area contributed by atoms with Crippen LogP contribution in [0.3, 0.4) is 0 Å². The summed E-state index contributed by atoms with van der Waals surface area (Å²) in [6.45, 7) is 6.74. The molecule has 1 heterocycles. The zero-order valence-corrected chi connectivity index (χ0v) is 14.4. The minimum atomic E-state index is 0.236. The van der Waals surface area contributed by atoms with Crippen molar-refractivity contribution in [2.24, 2.45) is 5.73 Å². The molecule has 1 aromatic heterocycles. The molecule has 0 aliphatic heterocycles. The summed E-state index contributed by atoms with van der Waals surface area (Å²) in [4.78, 5) is 4.01. The van der Waals surface area contributed by atoms with E-state index in [1.54, 1.807) is 0 Å². The first-order valence-electron chi connectivity index (χ1n) is 7.36. The van der Waals surface area contributed by atoms with Crippen molar-refractivity contribution in [2.75, 3.05) is 13.1 Å². The molecule has 0 radical (unpaired) electrons. The van der Waals surface area contributed by atoms with Crippen LogP contribution < -0.4 is 5.73 Å². The monoisotopic (exact) mass is 344 g/mol. The lowest BCUT2D eigenvalue weighted by Gasteiger charge is -2.44. The van der Waals surface area contributed by atoms with Gasteiger partial charge in [0.15, 0.2) is 0 Å². The van der Waals surface area contributed by atoms with Crippen LogP contribution in [-0.4, -0.2) is 29.6 Å². The van der Waals surface area contributed by atoms with Crippen LogP contribution in [0.4, 0.5) is 0 Å². The number of hydrogen-bond acceptors (Lipinski definition) is 3. The highest BCUT2D eigenvalue weighted by Crippen LogP contribution is 2.39. The second kappa shape index (κ2) is 6.70. The molecule has 1 aliphatic rings. The maximum atomic E-state index is 6.66. The Morgan fingerprint density at radius 2 is 2.00 bits per heavy atom. The maximum Gasteiger partial charge on any atom is 0.0363 e. The van der Waals surface area contributed by atoms with E-state index >= 15 is 0 Å². The zero-order chi connectivity index (χ0) is 13.9. The summed E-state index contributed by atoms with van der Waals surface area (Å²) >= 11 is 5.35. The molecule has 1 fully saturated rings. The van der Waals surface area contributed by atoms with Crippen molar-refractivity contribution in [3.8, 4) is 0 Å². The van der Waals surface area contributed by atoms with Gasteiger partial charge in [0.05, 0.1) is 0 Å². The van der Waals surface area contributed by atoms with Gasteiger partial charge in [0, 0.05) is 26.3 Å². The molecule has 2 rings (SSSR count). The molecule has 108 valence electrons. The van der Waals surface area contributed by atoms with E-state index in [0.717, 1.165) is 19.5 Å². The normalized spacial score (nSPS) is 20.1. The van der Waals surface area contributed by atoms with Crippen LogP contribution in [0.5, 0.6) is 0 Å². The first-order valence-corrected chi connectivity index (χ1v) is 9.03. The quantitative estimate of drug-likeness (QED) is 0.843. The highest BCUT2D eigenvalue weighted by atomic mass is 79.9. The van der Waals surface area contributed by atoms with E-state index in [9.17, 15) is 0 Å². The largest absolute Gasteiger partial charge is 0.326 e. The van der Waals surface area contributed by atoms with E-state index in [0.29, 0.717) is 0 Å². The van der Waals surface area contributed by atoms with Crippen LogP contribution in [0.2, 0.25) is 0 Å². The number of halogens is 1. The summed E-state index contributed by atoms with van der Waals surface area (Å²) in [6.07, 6.45) is 6.20. The van der Waals surface area contributed by atoms with E-state index in [1.165, 1.54) is 35.0 Å². The van der Waals surface area contributed by atoms with E-state index in [4.69, 9.17) is 5.73 Å². The van der Waals surface area contributed by atoms with Gasteiger partial charge in [0.25, 0.3) is 0 Å². The first-order chi connectivity index (χ1) is 9.12. The number of likely N-dealkylation sites (N-methyl/N-ethyl adjacent to an activating group) is 1. The van der Waals surface area contributed by atoms with Crippen molar-refractivity contribution in [3.05, 3.63) is 20.8 Å². The highest BCUT2D eigenvalue weighted by molar-refractivity contribution is 9.10. The Morgan fingerprint density at radius 3 is 2.47 bits per heavy atom. The Balaban J connectivity index is 2.14. The average Bonchev–Trinajstić information content (AvgIpc) is 3.01. The van der Waals surface area contributed by atoms with Crippen molar-refractivity contribution >= 4 is 27.3 Å². The molecular formula is C15H25BrN2S. The summed E-state index contributed by atoms with van der Waals surface area (Å²) in [5.74, 6) is 0. The van der Waals surface area contributed by atoms with E-state index in [2.05, 4.69) is 46.1 Å². The number of hydrogen-bond donors (Lipinski definition) is 1. The van der Waals surface area contributed by atoms with Crippen LogP contribution in [0.1, 0.15) is 44.4 Å². The molecule has 1 saturated carbocycles. The van der Waals surface area contributed by atoms with Gasteiger partial charge in [-0.3, -0.25) is 4.90 Å². The number of nitrogens with zero attached hydrogens (tertiary/aromatic N) is 1. The third kappa shape index (κ3) is 3.23. The lowest BCUT2D eigenvalue weighted by atomic mass is 9.84. The fourth-order valence-electron chi connectivity index (χ4n) is 3.63. The summed E-state index contributed by atoms with van der Waals surface area (Å²) < 4.78 is 1.18. The fraction of sp³-hybridized carbons (Fsp3) is 0.733. The third-order valence-corrected chi connectivity index (χ3v) is 6.32. The van der Waals surface area contributed by atoms with Gasteiger partial charge in [-0.2, -0.15) is 0 Å². The predicted molar refractivity (Wildman–Crippen MR) is 87.8 cm³/mol. The smallest absolute Gasteiger partial charge is 0.0363 e. The van der Waals surface area contributed by atoms with Gasteiger partial charge in [-0.25, -0.2) is 0 Å². The molecule has 1 aliphatic carbocycles. The minimum absolute atomic E-state index is 0.236. The van der Waals surface area contributed by atoms with Crippen molar-refractivity contribution in [1.82, 2.24) is 4.90 Å². The molecule has 2 nitrogen and oxygen atoms in total. The van der Waals surface area contributed by atoms with Gasteiger partial charge in [0.2, 0.25) is 0 Å². The van der Waals surface area contributed by atoms with Gasteiger partial charge in [0.1, 0.15) is 0 Å². The Kier molecular flexibility index (Phi) is 5.46. The number of rotatable bonds is 6. The van der Waals surface area contributed by atoms with Crippen molar-refractivity contribution in [2.45, 2.75) is 57.5 Å². The highest BCUT2D eigenvalue weighted by Gasteiger charge is 2.43. The second-order valence-corrected chi connectivity index (χ2v) is 7.44. The van der Waals surface area contributed by atoms with Crippen LogP contribution in [0.25, 0.3) is 0 Å². The van der Waals surface area contributed by atoms with Crippen molar-refractivity contribution in [1.29, 1.82) is 0 Å². The maximum absolute atomic E-state index is 6.66. The molecule has 2 N–H and O–H groups in total. The average molecular weight is 345 g/mol. The number of nitrogens with two attached hydrogens (primary N) is 1. The summed E-state index contributed by atoms with van der Waals surface area (Å²) in [7, 11) is 0. The molecule has 0 aromatic carbocycles. The summed E-state index contributed by atoms with van der Waals surface area (Å²) in [5, 5.41) is 2.15. The van der Waals surface area contributed by atoms with E-state index in [1.807, 2.05) is 11.3 Å². The molecule has 1 atom stereocenters. The minimum Gasteiger partial charge on any atom is -0.326 e. The Morgan fingerprint density at radius 1 is 1.37 bits per heavy atom. The molecule has 1 unspecified atom stereocenters. The van der Waals surface area contributed by atoms with Crippen LogP contribution in [0.15, 0.2) is 15.9 Å². The lowest BCUT2D eigenvalue weighted by Crippen LogP contribution is -2.59. The molecule has 0 saturated heterocycles. The SMILES string of the molecule is CCN(CC)C1(C(N)Cc2cc(Br)cs2)CCCC1. The third-order valence-electron chi connectivity index (χ3n) is 4.60. The van der Waals surface area contributed by atoms with Crippen molar-refractivity contribution in [3.63, 3.8) is 0 Å². The molecule has 1 aromatic rings. The second-order valence-electron chi connectivity index (χ2n) is 5.52. The van der Waals surface area contributed by atoms with Gasteiger partial charge >= 0.3 is 0 Å². The number of thiophene rings is 1. The molecule has 0 spiro atoms. The predicted octanol–water partition coefficient (Wildman–Crippen LogP) is 4.04. The van der Waals surface area contributed by atoms with E-state index in [-0.39, 0.29) is 11.6 Å². The zero-order valence-electron chi connectivity index (χ0n) is 12.0. The van der Waals surface area contributed by atoms with Gasteiger partial charge in [-0.15, -0.1) is 11.3 Å². The molecular weight excluding hydrogens is 320 g/mol. The fourth-order valence-corrected chi connectivity index (χ4v) is 5.14. The van der Waals surface area contributed by atoms with Gasteiger partial charge in [-0.1, -0.05) is 26.7 Å². The first kappa shape index (κ1) is 15.5. The standard InChI is InChI=1S/C15H25BrN2S/c1-3-18(4-2)15(7-5-6-8-15)14(17)10-13-9-12(16)11-19-13/h9,11,14H,3-8,10,17H2,1-2H3. The van der Waals surface area contributed by atoms with Crippen molar-refractivity contribution < 1.29 is 0 Å². The van der Waals surface area contributed by atoms with E-state index < -0.39 is 0 Å². The Labute approximate surface area is 129 Å². The molecule has 0 amide bonds.